The van der Waals surface area contributed by atoms with Crippen molar-refractivity contribution >= 4 is 21.6 Å². The Bertz CT molecular complexity index is 783. The number of aryl methyl sites for hydroxylation is 1. The van der Waals surface area contributed by atoms with Gasteiger partial charge in [0.1, 0.15) is 17.3 Å². The highest BCUT2D eigenvalue weighted by molar-refractivity contribution is 7.19. The lowest BCUT2D eigenvalue weighted by Gasteiger charge is -2.32. The molecule has 2 heterocycles. The van der Waals surface area contributed by atoms with Gasteiger partial charge in [-0.3, -0.25) is 0 Å². The Kier molecular flexibility index (Phi) is 5.67. The molecule has 6 heteroatoms. The fourth-order valence-corrected chi connectivity index (χ4v) is 5.93. The van der Waals surface area contributed by atoms with Crippen LogP contribution in [0.5, 0.6) is 5.88 Å². The fraction of sp³-hybridized carbons (Fsp3) is 0.714. The van der Waals surface area contributed by atoms with Crippen molar-refractivity contribution in [2.24, 2.45) is 0 Å². The topological polar surface area (TPSA) is 58.5 Å². The molecule has 0 spiro atoms. The predicted molar refractivity (Wildman–Crippen MR) is 110 cm³/mol. The molecule has 1 N–H and O–H groups in total. The molecule has 0 bridgehead atoms. The number of aromatic nitrogens is 2. The molecule has 0 saturated heterocycles. The number of hydrogen-bond donors (Lipinski definition) is 1. The minimum Gasteiger partial charge on any atom is -0.474 e. The molecule has 2 aromatic rings. The van der Waals surface area contributed by atoms with Crippen molar-refractivity contribution in [2.75, 3.05) is 14.1 Å². The molecule has 2 aliphatic carbocycles. The number of aliphatic hydroxyl groups excluding tert-OH is 1. The molecule has 1 saturated carbocycles. The Hall–Kier alpha value is -1.24. The SMILES string of the molecule is CC[C@H](O)C[C@H]1CCc2sc3ncnc(OC4CCC(N(C)C)CC4)c3c21. The zero-order valence-electron chi connectivity index (χ0n) is 16.6. The van der Waals surface area contributed by atoms with E-state index in [1.807, 2.05) is 6.92 Å². The molecule has 4 rings (SSSR count). The standard InChI is InChI=1S/C21H31N3O2S/c1-4-15(25)11-13-5-10-17-18(13)19-20(22-12-23-21(19)27-17)26-16-8-6-14(7-9-16)24(2)3/h12-16,25H,4-11H2,1-3H3/t13-,14?,15+,16?/m1/s1. The molecule has 0 aliphatic heterocycles. The van der Waals surface area contributed by atoms with Crippen LogP contribution in [-0.2, 0) is 6.42 Å². The van der Waals surface area contributed by atoms with Crippen LogP contribution in [0.2, 0.25) is 0 Å². The van der Waals surface area contributed by atoms with Crippen molar-refractivity contribution < 1.29 is 9.84 Å². The second kappa shape index (κ2) is 8.02. The van der Waals surface area contributed by atoms with Gasteiger partial charge in [-0.05, 0) is 76.9 Å². The van der Waals surface area contributed by atoms with Crippen molar-refractivity contribution in [1.29, 1.82) is 0 Å². The maximum absolute atomic E-state index is 10.2. The van der Waals surface area contributed by atoms with Gasteiger partial charge in [0.05, 0.1) is 11.5 Å². The van der Waals surface area contributed by atoms with E-state index in [4.69, 9.17) is 4.74 Å². The fourth-order valence-electron chi connectivity index (χ4n) is 4.70. The maximum Gasteiger partial charge on any atom is 0.225 e. The highest BCUT2D eigenvalue weighted by atomic mass is 32.1. The van der Waals surface area contributed by atoms with E-state index in [9.17, 15) is 5.11 Å². The smallest absolute Gasteiger partial charge is 0.225 e. The summed E-state index contributed by atoms with van der Waals surface area (Å²) in [5.41, 5.74) is 1.36. The molecule has 0 amide bonds. The van der Waals surface area contributed by atoms with Gasteiger partial charge in [-0.15, -0.1) is 11.3 Å². The molecule has 1 fully saturated rings. The van der Waals surface area contributed by atoms with Crippen molar-refractivity contribution in [1.82, 2.24) is 14.9 Å². The van der Waals surface area contributed by atoms with E-state index in [0.717, 1.165) is 54.6 Å². The summed E-state index contributed by atoms with van der Waals surface area (Å²) in [7, 11) is 4.33. The summed E-state index contributed by atoms with van der Waals surface area (Å²) < 4.78 is 6.43. The van der Waals surface area contributed by atoms with Gasteiger partial charge in [0, 0.05) is 10.9 Å². The Morgan fingerprint density at radius 2 is 2.00 bits per heavy atom. The zero-order chi connectivity index (χ0) is 19.0. The van der Waals surface area contributed by atoms with Crippen LogP contribution in [0.1, 0.15) is 68.2 Å². The summed E-state index contributed by atoms with van der Waals surface area (Å²) in [6.07, 6.45) is 10.0. The van der Waals surface area contributed by atoms with E-state index in [2.05, 4.69) is 29.0 Å². The van der Waals surface area contributed by atoms with Crippen molar-refractivity contribution in [3.05, 3.63) is 16.8 Å². The van der Waals surface area contributed by atoms with Gasteiger partial charge in [0.25, 0.3) is 0 Å². The average molecular weight is 390 g/mol. The van der Waals surface area contributed by atoms with Crippen LogP contribution in [-0.4, -0.2) is 52.3 Å². The molecule has 2 aliphatic rings. The van der Waals surface area contributed by atoms with Gasteiger partial charge < -0.3 is 14.7 Å². The van der Waals surface area contributed by atoms with Crippen LogP contribution in [0.3, 0.4) is 0 Å². The van der Waals surface area contributed by atoms with E-state index in [-0.39, 0.29) is 12.2 Å². The minimum atomic E-state index is -0.230. The lowest BCUT2D eigenvalue weighted by Crippen LogP contribution is -2.35. The summed E-state index contributed by atoms with van der Waals surface area (Å²) in [6, 6.07) is 0.667. The monoisotopic (exact) mass is 389 g/mol. The van der Waals surface area contributed by atoms with E-state index in [1.165, 1.54) is 23.3 Å². The number of ether oxygens (including phenoxy) is 1. The molecule has 27 heavy (non-hydrogen) atoms. The van der Waals surface area contributed by atoms with Crippen LogP contribution in [0.15, 0.2) is 6.33 Å². The average Bonchev–Trinajstić information content (AvgIpc) is 3.22. The number of nitrogens with zero attached hydrogens (tertiary/aromatic N) is 3. The first-order chi connectivity index (χ1) is 13.1. The van der Waals surface area contributed by atoms with Crippen molar-refractivity contribution in [2.45, 2.75) is 82.5 Å². The first-order valence-electron chi connectivity index (χ1n) is 10.3. The summed E-state index contributed by atoms with van der Waals surface area (Å²) in [6.45, 7) is 2.05. The van der Waals surface area contributed by atoms with E-state index in [0.29, 0.717) is 12.0 Å². The van der Waals surface area contributed by atoms with E-state index in [1.54, 1.807) is 17.7 Å². The first kappa shape index (κ1) is 19.1. The molecule has 2 aromatic heterocycles. The third-order valence-corrected chi connectivity index (χ3v) is 7.55. The van der Waals surface area contributed by atoms with E-state index < -0.39 is 0 Å². The lowest BCUT2D eigenvalue weighted by molar-refractivity contribution is 0.108. The van der Waals surface area contributed by atoms with Crippen LogP contribution < -0.4 is 4.74 Å². The highest BCUT2D eigenvalue weighted by Crippen LogP contribution is 2.47. The molecule has 0 radical (unpaired) electrons. The highest BCUT2D eigenvalue weighted by Gasteiger charge is 2.32. The number of aliphatic hydroxyl groups is 1. The Labute approximate surface area is 165 Å². The first-order valence-corrected chi connectivity index (χ1v) is 11.2. The number of fused-ring (bicyclic) bond motifs is 3. The van der Waals surface area contributed by atoms with Crippen molar-refractivity contribution in [3.8, 4) is 5.88 Å². The van der Waals surface area contributed by atoms with Crippen molar-refractivity contribution in [3.63, 3.8) is 0 Å². The number of rotatable bonds is 6. The minimum absolute atomic E-state index is 0.230. The maximum atomic E-state index is 10.2. The molecule has 0 unspecified atom stereocenters. The number of hydrogen-bond acceptors (Lipinski definition) is 6. The van der Waals surface area contributed by atoms with Gasteiger partial charge in [0.15, 0.2) is 0 Å². The van der Waals surface area contributed by atoms with Gasteiger partial charge >= 0.3 is 0 Å². The predicted octanol–water partition coefficient (Wildman–Crippen LogP) is 4.13. The molecular formula is C21H31N3O2S. The third kappa shape index (κ3) is 3.84. The molecule has 0 aromatic carbocycles. The molecule has 2 atom stereocenters. The van der Waals surface area contributed by atoms with Crippen LogP contribution in [0, 0.1) is 0 Å². The molecular weight excluding hydrogens is 358 g/mol. The number of thiophene rings is 1. The van der Waals surface area contributed by atoms with Gasteiger partial charge in [0.2, 0.25) is 5.88 Å². The second-order valence-corrected chi connectivity index (χ2v) is 9.43. The lowest BCUT2D eigenvalue weighted by atomic mass is 9.92. The molecule has 148 valence electrons. The van der Waals surface area contributed by atoms with Crippen LogP contribution >= 0.6 is 11.3 Å². The van der Waals surface area contributed by atoms with Gasteiger partial charge in [-0.1, -0.05) is 6.92 Å². The summed E-state index contributed by atoms with van der Waals surface area (Å²) >= 11 is 1.79. The quantitative estimate of drug-likeness (QED) is 0.805. The summed E-state index contributed by atoms with van der Waals surface area (Å²) in [4.78, 5) is 13.9. The Morgan fingerprint density at radius 1 is 1.22 bits per heavy atom. The second-order valence-electron chi connectivity index (χ2n) is 8.34. The zero-order valence-corrected chi connectivity index (χ0v) is 17.5. The normalized spacial score (nSPS) is 26.5. The third-order valence-electron chi connectivity index (χ3n) is 6.38. The summed E-state index contributed by atoms with van der Waals surface area (Å²) in [5.74, 6) is 1.17. The van der Waals surface area contributed by atoms with Crippen LogP contribution in [0.25, 0.3) is 10.2 Å². The van der Waals surface area contributed by atoms with Gasteiger partial charge in [-0.2, -0.15) is 0 Å². The van der Waals surface area contributed by atoms with E-state index >= 15 is 0 Å². The Morgan fingerprint density at radius 3 is 2.70 bits per heavy atom. The van der Waals surface area contributed by atoms with Crippen LogP contribution in [0.4, 0.5) is 0 Å². The summed E-state index contributed by atoms with van der Waals surface area (Å²) in [5, 5.41) is 11.3. The largest absolute Gasteiger partial charge is 0.474 e. The van der Waals surface area contributed by atoms with Gasteiger partial charge in [-0.25, -0.2) is 9.97 Å². The molecule has 5 nitrogen and oxygen atoms in total. The Balaban J connectivity index is 1.57.